The third-order valence-corrected chi connectivity index (χ3v) is 6.14. The molecular weight excluding hydrogens is 328 g/mol. The van der Waals surface area contributed by atoms with Crippen LogP contribution in [-0.2, 0) is 33.7 Å². The minimum Gasteiger partial charge on any atom is -0.311 e. The molecule has 0 unspecified atom stereocenters. The summed E-state index contributed by atoms with van der Waals surface area (Å²) in [7, 11) is -3.43. The molecule has 7 nitrogen and oxygen atoms in total. The van der Waals surface area contributed by atoms with Gasteiger partial charge in [-0.15, -0.1) is 0 Å². The van der Waals surface area contributed by atoms with E-state index in [1.165, 1.54) is 4.31 Å². The van der Waals surface area contributed by atoms with Crippen molar-refractivity contribution < 1.29 is 13.2 Å². The zero-order valence-corrected chi connectivity index (χ0v) is 13.8. The predicted molar refractivity (Wildman–Crippen MR) is 88.3 cm³/mol. The van der Waals surface area contributed by atoms with E-state index >= 15 is 0 Å². The molecule has 1 aliphatic heterocycles. The average molecular weight is 346 g/mol. The van der Waals surface area contributed by atoms with Gasteiger partial charge in [0.1, 0.15) is 5.82 Å². The fourth-order valence-electron chi connectivity index (χ4n) is 2.85. The first-order valence-corrected chi connectivity index (χ1v) is 9.52. The molecule has 126 valence electrons. The fourth-order valence-corrected chi connectivity index (χ4v) is 4.29. The molecule has 1 saturated carbocycles. The van der Waals surface area contributed by atoms with Crippen molar-refractivity contribution in [3.63, 3.8) is 0 Å². The summed E-state index contributed by atoms with van der Waals surface area (Å²) in [4.78, 5) is 11.9. The minimum atomic E-state index is -3.43. The SMILES string of the molecule is O=C(Nc1[nH]nc2c1CN(S(=O)(=O)Cc1ccccc1)C2)C1CC1. The summed E-state index contributed by atoms with van der Waals surface area (Å²) in [6.45, 7) is 0.474. The quantitative estimate of drug-likeness (QED) is 0.860. The van der Waals surface area contributed by atoms with Gasteiger partial charge in [-0.2, -0.15) is 9.40 Å². The highest BCUT2D eigenvalue weighted by molar-refractivity contribution is 7.88. The highest BCUT2D eigenvalue weighted by Crippen LogP contribution is 2.33. The molecule has 0 radical (unpaired) electrons. The zero-order chi connectivity index (χ0) is 16.7. The molecule has 2 heterocycles. The Hall–Kier alpha value is -2.19. The number of hydrogen-bond donors (Lipinski definition) is 2. The van der Waals surface area contributed by atoms with Gasteiger partial charge in [-0.3, -0.25) is 9.89 Å². The van der Waals surface area contributed by atoms with Crippen LogP contribution in [0, 0.1) is 5.92 Å². The monoisotopic (exact) mass is 346 g/mol. The zero-order valence-electron chi connectivity index (χ0n) is 13.0. The fraction of sp³-hybridized carbons (Fsp3) is 0.375. The van der Waals surface area contributed by atoms with E-state index in [-0.39, 0.29) is 30.7 Å². The molecule has 8 heteroatoms. The van der Waals surface area contributed by atoms with Gasteiger partial charge in [-0.05, 0) is 18.4 Å². The molecular formula is C16H18N4O3S. The summed E-state index contributed by atoms with van der Waals surface area (Å²) < 4.78 is 26.7. The van der Waals surface area contributed by atoms with Crippen molar-refractivity contribution in [1.29, 1.82) is 0 Å². The van der Waals surface area contributed by atoms with E-state index in [2.05, 4.69) is 15.5 Å². The van der Waals surface area contributed by atoms with Crippen molar-refractivity contribution in [3.8, 4) is 0 Å². The van der Waals surface area contributed by atoms with Gasteiger partial charge in [0.05, 0.1) is 18.0 Å². The summed E-state index contributed by atoms with van der Waals surface area (Å²) in [6, 6.07) is 9.11. The third kappa shape index (κ3) is 2.94. The molecule has 2 N–H and O–H groups in total. The lowest BCUT2D eigenvalue weighted by molar-refractivity contribution is -0.117. The Labute approximate surface area is 140 Å². The molecule has 0 spiro atoms. The van der Waals surface area contributed by atoms with Gasteiger partial charge in [0.25, 0.3) is 0 Å². The van der Waals surface area contributed by atoms with Gasteiger partial charge in [-0.1, -0.05) is 30.3 Å². The Balaban J connectivity index is 1.48. The number of benzene rings is 1. The average Bonchev–Trinajstić information content (AvgIpc) is 3.21. The number of rotatable bonds is 5. The van der Waals surface area contributed by atoms with E-state index in [1.807, 2.05) is 18.2 Å². The number of nitrogens with one attached hydrogen (secondary N) is 2. The molecule has 0 bridgehead atoms. The van der Waals surface area contributed by atoms with Crippen molar-refractivity contribution in [1.82, 2.24) is 14.5 Å². The summed E-state index contributed by atoms with van der Waals surface area (Å²) in [5, 5.41) is 9.79. The Morgan fingerprint density at radius 1 is 1.25 bits per heavy atom. The van der Waals surface area contributed by atoms with E-state index < -0.39 is 10.0 Å². The van der Waals surface area contributed by atoms with Crippen LogP contribution in [0.25, 0.3) is 0 Å². The first-order valence-electron chi connectivity index (χ1n) is 7.91. The standard InChI is InChI=1S/C16H18N4O3S/c21-16(12-6-7-12)17-15-13-8-20(9-14(13)18-19-15)24(22,23)10-11-4-2-1-3-5-11/h1-5,12H,6-10H2,(H2,17,18,19,21). The third-order valence-electron chi connectivity index (χ3n) is 4.40. The highest BCUT2D eigenvalue weighted by atomic mass is 32.2. The van der Waals surface area contributed by atoms with Gasteiger partial charge in [0, 0.05) is 18.0 Å². The van der Waals surface area contributed by atoms with Crippen molar-refractivity contribution in [3.05, 3.63) is 47.2 Å². The lowest BCUT2D eigenvalue weighted by Crippen LogP contribution is -2.27. The number of aromatic amines is 1. The number of amides is 1. The van der Waals surface area contributed by atoms with Crippen LogP contribution < -0.4 is 5.32 Å². The van der Waals surface area contributed by atoms with Gasteiger partial charge >= 0.3 is 0 Å². The number of H-pyrrole nitrogens is 1. The van der Waals surface area contributed by atoms with E-state index in [0.29, 0.717) is 11.5 Å². The Bertz CT molecular complexity index is 872. The second kappa shape index (κ2) is 5.71. The van der Waals surface area contributed by atoms with Gasteiger partial charge in [-0.25, -0.2) is 8.42 Å². The number of aromatic nitrogens is 2. The molecule has 1 aromatic carbocycles. The molecule has 1 aromatic heterocycles. The molecule has 2 aliphatic rings. The largest absolute Gasteiger partial charge is 0.311 e. The maximum absolute atomic E-state index is 12.6. The normalized spacial score (nSPS) is 17.7. The van der Waals surface area contributed by atoms with E-state index in [1.54, 1.807) is 12.1 Å². The molecule has 1 aliphatic carbocycles. The van der Waals surface area contributed by atoms with Gasteiger partial charge < -0.3 is 5.32 Å². The van der Waals surface area contributed by atoms with E-state index in [9.17, 15) is 13.2 Å². The van der Waals surface area contributed by atoms with Crippen LogP contribution in [0.15, 0.2) is 30.3 Å². The summed E-state index contributed by atoms with van der Waals surface area (Å²) in [5.74, 6) is 0.556. The van der Waals surface area contributed by atoms with Gasteiger partial charge in [0.15, 0.2) is 0 Å². The molecule has 24 heavy (non-hydrogen) atoms. The van der Waals surface area contributed by atoms with Crippen LogP contribution in [-0.4, -0.2) is 28.8 Å². The topological polar surface area (TPSA) is 95.2 Å². The maximum Gasteiger partial charge on any atom is 0.228 e. The Morgan fingerprint density at radius 2 is 2.00 bits per heavy atom. The number of hydrogen-bond acceptors (Lipinski definition) is 4. The second-order valence-corrected chi connectivity index (χ2v) is 8.27. The minimum absolute atomic E-state index is 0.0213. The van der Waals surface area contributed by atoms with Crippen LogP contribution >= 0.6 is 0 Å². The molecule has 0 atom stereocenters. The van der Waals surface area contributed by atoms with Crippen molar-refractivity contribution >= 4 is 21.7 Å². The first-order chi connectivity index (χ1) is 11.5. The van der Waals surface area contributed by atoms with Gasteiger partial charge in [0.2, 0.25) is 15.9 Å². The predicted octanol–water partition coefficient (Wildman–Crippen LogP) is 1.60. The summed E-state index contributed by atoms with van der Waals surface area (Å²) in [5.41, 5.74) is 2.20. The van der Waals surface area contributed by atoms with Crippen LogP contribution in [0.1, 0.15) is 29.7 Å². The molecule has 1 fully saturated rings. The maximum atomic E-state index is 12.6. The van der Waals surface area contributed by atoms with Crippen molar-refractivity contribution in [2.75, 3.05) is 5.32 Å². The molecule has 1 amide bonds. The van der Waals surface area contributed by atoms with Crippen LogP contribution in [0.5, 0.6) is 0 Å². The number of fused-ring (bicyclic) bond motifs is 1. The molecule has 2 aromatic rings. The summed E-state index contributed by atoms with van der Waals surface area (Å²) in [6.07, 6.45) is 1.83. The summed E-state index contributed by atoms with van der Waals surface area (Å²) >= 11 is 0. The second-order valence-electron chi connectivity index (χ2n) is 6.30. The smallest absolute Gasteiger partial charge is 0.228 e. The number of sulfonamides is 1. The first kappa shape index (κ1) is 15.3. The Morgan fingerprint density at radius 3 is 2.71 bits per heavy atom. The number of nitrogens with zero attached hydrogens (tertiary/aromatic N) is 2. The van der Waals surface area contributed by atoms with E-state index in [0.717, 1.165) is 24.0 Å². The lowest BCUT2D eigenvalue weighted by atomic mass is 10.2. The molecule has 0 saturated heterocycles. The Kier molecular flexibility index (Phi) is 3.65. The van der Waals surface area contributed by atoms with Crippen LogP contribution in [0.4, 0.5) is 5.82 Å². The number of carbonyl (C=O) groups excluding carboxylic acids is 1. The van der Waals surface area contributed by atoms with Crippen LogP contribution in [0.3, 0.4) is 0 Å². The van der Waals surface area contributed by atoms with E-state index in [4.69, 9.17) is 0 Å². The number of anilines is 1. The van der Waals surface area contributed by atoms with Crippen molar-refractivity contribution in [2.24, 2.45) is 5.92 Å². The highest BCUT2D eigenvalue weighted by Gasteiger charge is 2.35. The van der Waals surface area contributed by atoms with Crippen LogP contribution in [0.2, 0.25) is 0 Å². The number of carbonyl (C=O) groups is 1. The molecule has 4 rings (SSSR count). The van der Waals surface area contributed by atoms with Crippen molar-refractivity contribution in [2.45, 2.75) is 31.7 Å². The lowest BCUT2D eigenvalue weighted by Gasteiger charge is -2.16.